The Morgan fingerprint density at radius 2 is 2.21 bits per heavy atom. The quantitative estimate of drug-likeness (QED) is 0.782. The number of H-pyrrole nitrogens is 1. The van der Waals surface area contributed by atoms with Crippen molar-refractivity contribution >= 4 is 16.8 Å². The lowest BCUT2D eigenvalue weighted by Gasteiger charge is -2.04. The normalized spacial score (nSPS) is 10.6. The third kappa shape index (κ3) is 3.06. The Hall–Kier alpha value is -2.01. The molecule has 1 amide bonds. The van der Waals surface area contributed by atoms with Gasteiger partial charge in [0, 0.05) is 43.4 Å². The molecule has 0 atom stereocenters. The van der Waals surface area contributed by atoms with Crippen molar-refractivity contribution in [3.05, 3.63) is 30.0 Å². The maximum Gasteiger partial charge on any atom is 0.253 e. The standard InChI is InChI=1S/C14H18N2O3/c1-18-7-3-6-15-14(17)12-9-16-13-8-10(19-2)4-5-11(12)13/h4-5,8-9,16H,3,6-7H2,1-2H3,(H,15,17). The van der Waals surface area contributed by atoms with Crippen LogP contribution in [0.1, 0.15) is 16.8 Å². The van der Waals surface area contributed by atoms with Crippen LogP contribution in [0.5, 0.6) is 5.75 Å². The zero-order valence-corrected chi connectivity index (χ0v) is 11.2. The monoisotopic (exact) mass is 262 g/mol. The Morgan fingerprint density at radius 1 is 1.37 bits per heavy atom. The van der Waals surface area contributed by atoms with Crippen molar-refractivity contribution in [2.45, 2.75) is 6.42 Å². The molecule has 0 aliphatic heterocycles. The van der Waals surface area contributed by atoms with Gasteiger partial charge in [-0.05, 0) is 18.6 Å². The van der Waals surface area contributed by atoms with Crippen LogP contribution in [-0.2, 0) is 4.74 Å². The number of fused-ring (bicyclic) bond motifs is 1. The summed E-state index contributed by atoms with van der Waals surface area (Å²) >= 11 is 0. The van der Waals surface area contributed by atoms with E-state index in [9.17, 15) is 4.79 Å². The topological polar surface area (TPSA) is 63.3 Å². The zero-order chi connectivity index (χ0) is 13.7. The second-order valence-corrected chi connectivity index (χ2v) is 4.22. The van der Waals surface area contributed by atoms with E-state index in [1.54, 1.807) is 20.4 Å². The summed E-state index contributed by atoms with van der Waals surface area (Å²) in [4.78, 5) is 15.1. The van der Waals surface area contributed by atoms with Crippen molar-refractivity contribution < 1.29 is 14.3 Å². The molecule has 0 radical (unpaired) electrons. The number of amides is 1. The summed E-state index contributed by atoms with van der Waals surface area (Å²) in [6.07, 6.45) is 2.52. The van der Waals surface area contributed by atoms with E-state index in [0.29, 0.717) is 18.7 Å². The van der Waals surface area contributed by atoms with Crippen molar-refractivity contribution in [1.29, 1.82) is 0 Å². The molecule has 0 bridgehead atoms. The molecule has 0 saturated heterocycles. The highest BCUT2D eigenvalue weighted by Crippen LogP contribution is 2.23. The molecular weight excluding hydrogens is 244 g/mol. The summed E-state index contributed by atoms with van der Waals surface area (Å²) in [5.74, 6) is 0.689. The van der Waals surface area contributed by atoms with Gasteiger partial charge in [0.2, 0.25) is 0 Å². The van der Waals surface area contributed by atoms with E-state index in [1.807, 2.05) is 18.2 Å². The summed E-state index contributed by atoms with van der Waals surface area (Å²) < 4.78 is 10.1. The smallest absolute Gasteiger partial charge is 0.253 e. The van der Waals surface area contributed by atoms with Crippen molar-refractivity contribution in [2.75, 3.05) is 27.4 Å². The molecule has 2 aromatic rings. The lowest BCUT2D eigenvalue weighted by molar-refractivity contribution is 0.0950. The fraction of sp³-hybridized carbons (Fsp3) is 0.357. The first-order valence-corrected chi connectivity index (χ1v) is 6.18. The van der Waals surface area contributed by atoms with Gasteiger partial charge in [-0.2, -0.15) is 0 Å². The Morgan fingerprint density at radius 3 is 2.95 bits per heavy atom. The van der Waals surface area contributed by atoms with E-state index in [1.165, 1.54) is 0 Å². The van der Waals surface area contributed by atoms with Crippen LogP contribution in [0.25, 0.3) is 10.9 Å². The van der Waals surface area contributed by atoms with Gasteiger partial charge in [-0.3, -0.25) is 4.79 Å². The van der Waals surface area contributed by atoms with Crippen molar-refractivity contribution in [3.8, 4) is 5.75 Å². The summed E-state index contributed by atoms with van der Waals surface area (Å²) in [5, 5.41) is 3.76. The number of rotatable bonds is 6. The lowest BCUT2D eigenvalue weighted by Crippen LogP contribution is -2.24. The van der Waals surface area contributed by atoms with Gasteiger partial charge in [-0.15, -0.1) is 0 Å². The van der Waals surface area contributed by atoms with Crippen LogP contribution >= 0.6 is 0 Å². The summed E-state index contributed by atoms with van der Waals surface area (Å²) in [6.45, 7) is 1.25. The molecule has 102 valence electrons. The van der Waals surface area contributed by atoms with Crippen molar-refractivity contribution in [3.63, 3.8) is 0 Å². The first-order chi connectivity index (χ1) is 9.26. The summed E-state index contributed by atoms with van der Waals surface area (Å²) in [7, 11) is 3.27. The number of ether oxygens (including phenoxy) is 2. The summed E-state index contributed by atoms with van der Waals surface area (Å²) in [5.41, 5.74) is 1.54. The third-order valence-corrected chi connectivity index (χ3v) is 2.94. The average Bonchev–Trinajstić information content (AvgIpc) is 2.86. The van der Waals surface area contributed by atoms with Crippen LogP contribution in [0.4, 0.5) is 0 Å². The van der Waals surface area contributed by atoms with Gasteiger partial charge in [0.15, 0.2) is 0 Å². The predicted molar refractivity (Wildman–Crippen MR) is 73.7 cm³/mol. The minimum absolute atomic E-state index is 0.0764. The van der Waals surface area contributed by atoms with E-state index in [0.717, 1.165) is 23.1 Å². The fourth-order valence-corrected chi connectivity index (χ4v) is 1.93. The fourth-order valence-electron chi connectivity index (χ4n) is 1.93. The van der Waals surface area contributed by atoms with Crippen LogP contribution in [0, 0.1) is 0 Å². The number of benzene rings is 1. The molecular formula is C14H18N2O3. The van der Waals surface area contributed by atoms with Crippen LogP contribution in [-0.4, -0.2) is 38.3 Å². The molecule has 0 fully saturated rings. The predicted octanol–water partition coefficient (Wildman–Crippen LogP) is 1.94. The SMILES string of the molecule is COCCCNC(=O)c1c[nH]c2cc(OC)ccc12. The van der Waals surface area contributed by atoms with Crippen LogP contribution in [0.15, 0.2) is 24.4 Å². The van der Waals surface area contributed by atoms with Gasteiger partial charge >= 0.3 is 0 Å². The number of hydrogen-bond donors (Lipinski definition) is 2. The van der Waals surface area contributed by atoms with Gasteiger partial charge in [0.05, 0.1) is 12.7 Å². The number of carbonyl (C=O) groups excluding carboxylic acids is 1. The molecule has 19 heavy (non-hydrogen) atoms. The number of methoxy groups -OCH3 is 2. The summed E-state index contributed by atoms with van der Waals surface area (Å²) in [6, 6.07) is 5.60. The molecule has 0 aliphatic rings. The minimum Gasteiger partial charge on any atom is -0.497 e. The maximum absolute atomic E-state index is 12.0. The largest absolute Gasteiger partial charge is 0.497 e. The molecule has 2 rings (SSSR count). The molecule has 1 heterocycles. The number of hydrogen-bond acceptors (Lipinski definition) is 3. The first kappa shape index (κ1) is 13.4. The Labute approximate surface area is 111 Å². The number of carbonyl (C=O) groups is 1. The van der Waals surface area contributed by atoms with Gasteiger partial charge in [-0.25, -0.2) is 0 Å². The molecule has 1 aromatic heterocycles. The van der Waals surface area contributed by atoms with Crippen molar-refractivity contribution in [2.24, 2.45) is 0 Å². The maximum atomic E-state index is 12.0. The van der Waals surface area contributed by atoms with E-state index in [4.69, 9.17) is 9.47 Å². The minimum atomic E-state index is -0.0764. The number of aromatic amines is 1. The molecule has 0 unspecified atom stereocenters. The van der Waals surface area contributed by atoms with Gasteiger partial charge < -0.3 is 19.8 Å². The van der Waals surface area contributed by atoms with Crippen LogP contribution < -0.4 is 10.1 Å². The van der Waals surface area contributed by atoms with Crippen LogP contribution in [0.2, 0.25) is 0 Å². The van der Waals surface area contributed by atoms with Crippen molar-refractivity contribution in [1.82, 2.24) is 10.3 Å². The molecule has 0 saturated carbocycles. The van der Waals surface area contributed by atoms with E-state index in [-0.39, 0.29) is 5.91 Å². The molecule has 0 aliphatic carbocycles. The second kappa shape index (κ2) is 6.24. The third-order valence-electron chi connectivity index (χ3n) is 2.94. The van der Waals surface area contributed by atoms with E-state index in [2.05, 4.69) is 10.3 Å². The molecule has 0 spiro atoms. The van der Waals surface area contributed by atoms with E-state index >= 15 is 0 Å². The number of aromatic nitrogens is 1. The highest BCUT2D eigenvalue weighted by molar-refractivity contribution is 6.06. The highest BCUT2D eigenvalue weighted by Gasteiger charge is 2.11. The Balaban J connectivity index is 2.10. The van der Waals surface area contributed by atoms with Gasteiger partial charge in [0.25, 0.3) is 5.91 Å². The first-order valence-electron chi connectivity index (χ1n) is 6.18. The molecule has 5 heteroatoms. The average molecular weight is 262 g/mol. The zero-order valence-electron chi connectivity index (χ0n) is 11.2. The lowest BCUT2D eigenvalue weighted by atomic mass is 10.1. The van der Waals surface area contributed by atoms with Gasteiger partial charge in [0.1, 0.15) is 5.75 Å². The van der Waals surface area contributed by atoms with E-state index < -0.39 is 0 Å². The second-order valence-electron chi connectivity index (χ2n) is 4.22. The molecule has 1 aromatic carbocycles. The Kier molecular flexibility index (Phi) is 4.41. The molecule has 5 nitrogen and oxygen atoms in total. The Bertz CT molecular complexity index is 563. The number of nitrogens with one attached hydrogen (secondary N) is 2. The highest BCUT2D eigenvalue weighted by atomic mass is 16.5. The van der Waals surface area contributed by atoms with Gasteiger partial charge in [-0.1, -0.05) is 0 Å². The molecule has 2 N–H and O–H groups in total. The van der Waals surface area contributed by atoms with Crippen LogP contribution in [0.3, 0.4) is 0 Å².